The quantitative estimate of drug-likeness (QED) is 0.843. The fraction of sp³-hybridized carbons (Fsp3) is 0.583. The second kappa shape index (κ2) is 4.64. The molecule has 1 fully saturated rings. The Labute approximate surface area is 108 Å². The second-order valence-electron chi connectivity index (χ2n) is 4.84. The van der Waals surface area contributed by atoms with Crippen LogP contribution in [-0.4, -0.2) is 10.3 Å². The molecule has 0 aliphatic heterocycles. The summed E-state index contributed by atoms with van der Waals surface area (Å²) in [6.07, 6.45) is -1.85. The lowest BCUT2D eigenvalue weighted by atomic mass is 9.70. The van der Waals surface area contributed by atoms with Gasteiger partial charge >= 0.3 is 6.18 Å². The Balaban J connectivity index is 2.40. The number of thiol groups is 1. The molecule has 0 N–H and O–H groups in total. The van der Waals surface area contributed by atoms with E-state index in [0.717, 1.165) is 36.0 Å². The van der Waals surface area contributed by atoms with Gasteiger partial charge in [-0.05, 0) is 30.1 Å². The molecule has 0 radical (unpaired) electrons. The Bertz CT molecular complexity index is 485. The first kappa shape index (κ1) is 13.5. The van der Waals surface area contributed by atoms with Crippen LogP contribution in [0.25, 0.3) is 0 Å². The van der Waals surface area contributed by atoms with E-state index in [1.54, 1.807) is 0 Å². The van der Waals surface area contributed by atoms with Gasteiger partial charge in [0.2, 0.25) is 0 Å². The highest BCUT2D eigenvalue weighted by atomic mass is 32.1. The van der Waals surface area contributed by atoms with Crippen molar-refractivity contribution in [1.29, 1.82) is 0 Å². The van der Waals surface area contributed by atoms with Gasteiger partial charge in [-0.1, -0.05) is 12.5 Å². The van der Waals surface area contributed by atoms with Gasteiger partial charge in [0.05, 0.1) is 0 Å². The molecule has 0 atom stereocenters. The zero-order valence-electron chi connectivity index (χ0n) is 9.70. The van der Waals surface area contributed by atoms with Crippen LogP contribution in [0.15, 0.2) is 23.0 Å². The van der Waals surface area contributed by atoms with Crippen molar-refractivity contribution >= 4 is 12.6 Å². The number of halogens is 3. The van der Waals surface area contributed by atoms with Gasteiger partial charge in [0.25, 0.3) is 5.56 Å². The van der Waals surface area contributed by atoms with E-state index in [4.69, 9.17) is 0 Å². The minimum absolute atomic E-state index is 0.102. The number of rotatable bonds is 3. The highest BCUT2D eigenvalue weighted by Gasteiger charge is 2.40. The number of aromatic nitrogens is 1. The molecule has 0 aromatic carbocycles. The van der Waals surface area contributed by atoms with Crippen LogP contribution in [0.4, 0.5) is 13.2 Å². The van der Waals surface area contributed by atoms with Gasteiger partial charge in [-0.2, -0.15) is 25.8 Å². The molecule has 0 unspecified atom stereocenters. The molecule has 0 spiro atoms. The Morgan fingerprint density at radius 1 is 1.33 bits per heavy atom. The first-order valence-corrected chi connectivity index (χ1v) is 6.39. The number of nitrogens with zero attached hydrogens (tertiary/aromatic N) is 1. The zero-order chi connectivity index (χ0) is 13.4. The van der Waals surface area contributed by atoms with Crippen molar-refractivity contribution in [3.05, 3.63) is 34.2 Å². The first-order valence-electron chi connectivity index (χ1n) is 5.76. The van der Waals surface area contributed by atoms with Crippen LogP contribution in [0.3, 0.4) is 0 Å². The highest BCUT2D eigenvalue weighted by Crippen LogP contribution is 2.43. The van der Waals surface area contributed by atoms with Crippen molar-refractivity contribution in [2.24, 2.45) is 5.41 Å². The lowest BCUT2D eigenvalue weighted by molar-refractivity contribution is -0.145. The molecular weight excluding hydrogens is 263 g/mol. The Morgan fingerprint density at radius 2 is 2.00 bits per heavy atom. The third-order valence-electron chi connectivity index (χ3n) is 3.58. The minimum atomic E-state index is -4.50. The number of hydrogen-bond donors (Lipinski definition) is 1. The van der Waals surface area contributed by atoms with E-state index in [2.05, 4.69) is 12.6 Å². The molecular formula is C12H14F3NOS. The lowest BCUT2D eigenvalue weighted by Gasteiger charge is -2.41. The fourth-order valence-corrected chi connectivity index (χ4v) is 2.73. The monoisotopic (exact) mass is 277 g/mol. The Morgan fingerprint density at radius 3 is 2.44 bits per heavy atom. The SMILES string of the molecule is O=c1cccc(C(F)(F)F)n1CC1(CS)CCC1. The highest BCUT2D eigenvalue weighted by molar-refractivity contribution is 7.80. The van der Waals surface area contributed by atoms with E-state index in [-0.39, 0.29) is 12.0 Å². The lowest BCUT2D eigenvalue weighted by Crippen LogP contribution is -2.41. The summed E-state index contributed by atoms with van der Waals surface area (Å²) in [6.45, 7) is 0.102. The molecule has 2 rings (SSSR count). The molecule has 1 aromatic rings. The molecule has 1 heterocycles. The maximum Gasteiger partial charge on any atom is 0.431 e. The Hall–Kier alpha value is -0.910. The molecule has 1 aromatic heterocycles. The van der Waals surface area contributed by atoms with Crippen LogP contribution in [0.5, 0.6) is 0 Å². The van der Waals surface area contributed by atoms with E-state index in [1.165, 1.54) is 6.07 Å². The molecule has 0 bridgehead atoms. The Kier molecular flexibility index (Phi) is 3.49. The largest absolute Gasteiger partial charge is 0.431 e. The predicted octanol–water partition coefficient (Wildman–Crippen LogP) is 2.97. The van der Waals surface area contributed by atoms with E-state index >= 15 is 0 Å². The van der Waals surface area contributed by atoms with Gasteiger partial charge in [0.15, 0.2) is 0 Å². The molecule has 0 saturated heterocycles. The minimum Gasteiger partial charge on any atom is -0.304 e. The zero-order valence-corrected chi connectivity index (χ0v) is 10.6. The summed E-state index contributed by atoms with van der Waals surface area (Å²) in [5.41, 5.74) is -1.73. The summed E-state index contributed by atoms with van der Waals surface area (Å²) < 4.78 is 39.4. The number of pyridine rings is 1. The van der Waals surface area contributed by atoms with Crippen LogP contribution in [0, 0.1) is 5.41 Å². The van der Waals surface area contributed by atoms with Crippen LogP contribution >= 0.6 is 12.6 Å². The van der Waals surface area contributed by atoms with E-state index < -0.39 is 17.4 Å². The molecule has 1 aliphatic rings. The van der Waals surface area contributed by atoms with E-state index in [0.29, 0.717) is 5.75 Å². The maximum absolute atomic E-state index is 12.9. The third-order valence-corrected chi connectivity index (χ3v) is 4.25. The van der Waals surface area contributed by atoms with Crippen molar-refractivity contribution in [3.63, 3.8) is 0 Å². The van der Waals surface area contributed by atoms with Gasteiger partial charge in [0.1, 0.15) is 5.69 Å². The normalized spacial score (nSPS) is 18.4. The molecule has 1 saturated carbocycles. The number of hydrogen-bond acceptors (Lipinski definition) is 2. The molecule has 0 amide bonds. The first-order chi connectivity index (χ1) is 8.38. The second-order valence-corrected chi connectivity index (χ2v) is 5.16. The van der Waals surface area contributed by atoms with Crippen molar-refractivity contribution in [3.8, 4) is 0 Å². The van der Waals surface area contributed by atoms with Gasteiger partial charge < -0.3 is 4.57 Å². The molecule has 6 heteroatoms. The predicted molar refractivity (Wildman–Crippen MR) is 65.8 cm³/mol. The smallest absolute Gasteiger partial charge is 0.304 e. The van der Waals surface area contributed by atoms with E-state index in [9.17, 15) is 18.0 Å². The van der Waals surface area contributed by atoms with E-state index in [1.807, 2.05) is 0 Å². The average molecular weight is 277 g/mol. The molecule has 100 valence electrons. The maximum atomic E-state index is 12.9. The molecule has 18 heavy (non-hydrogen) atoms. The molecule has 2 nitrogen and oxygen atoms in total. The van der Waals surface area contributed by atoms with Crippen molar-refractivity contribution in [2.75, 3.05) is 5.75 Å². The van der Waals surface area contributed by atoms with Crippen LogP contribution < -0.4 is 5.56 Å². The summed E-state index contributed by atoms with van der Waals surface area (Å²) in [4.78, 5) is 11.7. The number of alkyl halides is 3. The summed E-state index contributed by atoms with van der Waals surface area (Å²) in [5.74, 6) is 0.506. The van der Waals surface area contributed by atoms with Crippen LogP contribution in [0.2, 0.25) is 0 Å². The summed E-state index contributed by atoms with van der Waals surface area (Å²) in [7, 11) is 0. The van der Waals surface area contributed by atoms with Crippen LogP contribution in [-0.2, 0) is 12.7 Å². The summed E-state index contributed by atoms with van der Waals surface area (Å²) in [5, 5.41) is 0. The van der Waals surface area contributed by atoms with Gasteiger partial charge in [-0.3, -0.25) is 4.79 Å². The summed E-state index contributed by atoms with van der Waals surface area (Å²) in [6, 6.07) is 3.27. The topological polar surface area (TPSA) is 22.0 Å². The van der Waals surface area contributed by atoms with Crippen molar-refractivity contribution in [2.45, 2.75) is 32.0 Å². The van der Waals surface area contributed by atoms with Crippen molar-refractivity contribution < 1.29 is 13.2 Å². The van der Waals surface area contributed by atoms with Crippen LogP contribution in [0.1, 0.15) is 25.0 Å². The van der Waals surface area contributed by atoms with Gasteiger partial charge in [-0.15, -0.1) is 0 Å². The third kappa shape index (κ3) is 2.43. The summed E-state index contributed by atoms with van der Waals surface area (Å²) >= 11 is 4.21. The fourth-order valence-electron chi connectivity index (χ4n) is 2.31. The van der Waals surface area contributed by atoms with Gasteiger partial charge in [0, 0.05) is 12.6 Å². The molecule has 1 aliphatic carbocycles. The standard InChI is InChI=1S/C12H14F3NOS/c13-12(14,15)9-3-1-4-10(17)16(9)7-11(8-18)5-2-6-11/h1,3-4,18H,2,5-8H2. The van der Waals surface area contributed by atoms with Gasteiger partial charge in [-0.25, -0.2) is 0 Å². The average Bonchev–Trinajstić information content (AvgIpc) is 2.23. The van der Waals surface area contributed by atoms with Crippen molar-refractivity contribution in [1.82, 2.24) is 4.57 Å².